The second-order valence-electron chi connectivity index (χ2n) is 15.6. The van der Waals surface area contributed by atoms with Gasteiger partial charge >= 0.3 is 0 Å². The van der Waals surface area contributed by atoms with Gasteiger partial charge in [0.05, 0.1) is 11.7 Å². The summed E-state index contributed by atoms with van der Waals surface area (Å²) < 4.78 is 2.22. The minimum Gasteiger partial charge on any atom is -0.309 e. The Morgan fingerprint density at radius 1 is 0.510 bits per heavy atom. The Hall–Kier alpha value is -1.94. The molecule has 294 valence electrons. The number of hydrogen-bond acceptors (Lipinski definition) is 3. The number of unbranched alkanes of at least 4 members (excludes halogenated alkanes) is 22. The first-order valence-corrected chi connectivity index (χ1v) is 22.3. The van der Waals surface area contributed by atoms with Crippen molar-refractivity contribution in [2.45, 2.75) is 219 Å². The van der Waals surface area contributed by atoms with Gasteiger partial charge in [-0.25, -0.2) is 4.68 Å². The number of likely N-dealkylation sites (N-methyl/N-ethyl adjacent to an activating group) is 1. The van der Waals surface area contributed by atoms with E-state index in [0.29, 0.717) is 6.04 Å². The lowest BCUT2D eigenvalue weighted by Crippen LogP contribution is -2.15. The Kier molecular flexibility index (Phi) is 34.9. The average Bonchev–Trinajstić information content (AvgIpc) is 3.61. The van der Waals surface area contributed by atoms with Gasteiger partial charge in [0.15, 0.2) is 0 Å². The van der Waals surface area contributed by atoms with Crippen LogP contribution in [0.2, 0.25) is 0 Å². The molecular weight excluding hydrogens is 621 g/mol. The highest BCUT2D eigenvalue weighted by molar-refractivity contribution is 4.95. The zero-order valence-electron chi connectivity index (χ0n) is 34.7. The molecular formula is C47H86N4. The molecule has 0 aromatic carbocycles. The van der Waals surface area contributed by atoms with E-state index in [9.17, 15) is 0 Å². The third kappa shape index (κ3) is 32.4. The summed E-state index contributed by atoms with van der Waals surface area (Å²) in [4.78, 5) is 2.23. The molecule has 0 unspecified atom stereocenters. The molecule has 4 heteroatoms. The first-order valence-electron chi connectivity index (χ1n) is 22.3. The summed E-state index contributed by atoms with van der Waals surface area (Å²) in [6.07, 6.45) is 61.9. The molecule has 0 bridgehead atoms. The number of hydrogen-bond donors (Lipinski definition) is 0. The van der Waals surface area contributed by atoms with Crippen molar-refractivity contribution in [3.8, 4) is 0 Å². The quantitative estimate of drug-likeness (QED) is 0.0507. The fourth-order valence-electron chi connectivity index (χ4n) is 6.80. The van der Waals surface area contributed by atoms with Gasteiger partial charge in [-0.2, -0.15) is 0 Å². The maximum atomic E-state index is 4.62. The lowest BCUT2D eigenvalue weighted by Gasteiger charge is -2.17. The first-order chi connectivity index (χ1) is 25.2. The zero-order valence-corrected chi connectivity index (χ0v) is 34.7. The van der Waals surface area contributed by atoms with Gasteiger partial charge in [-0.05, 0) is 91.1 Å². The van der Waals surface area contributed by atoms with Crippen LogP contribution >= 0.6 is 0 Å². The van der Waals surface area contributed by atoms with Crippen LogP contribution in [-0.2, 0) is 6.42 Å². The summed E-state index contributed by atoms with van der Waals surface area (Å²) >= 11 is 0. The summed E-state index contributed by atoms with van der Waals surface area (Å²) in [7, 11) is 4.27. The van der Waals surface area contributed by atoms with E-state index in [1.165, 1.54) is 180 Å². The molecule has 1 heterocycles. The van der Waals surface area contributed by atoms with E-state index in [4.69, 9.17) is 0 Å². The van der Waals surface area contributed by atoms with Crippen LogP contribution in [0.4, 0.5) is 0 Å². The molecule has 0 spiro atoms. The highest BCUT2D eigenvalue weighted by atomic mass is 15.4. The van der Waals surface area contributed by atoms with E-state index in [1.807, 2.05) is 0 Å². The molecule has 0 N–H and O–H groups in total. The van der Waals surface area contributed by atoms with Gasteiger partial charge in [-0.3, -0.25) is 0 Å². The number of rotatable bonds is 38. The Morgan fingerprint density at radius 3 is 1.27 bits per heavy atom. The van der Waals surface area contributed by atoms with Gasteiger partial charge in [0.2, 0.25) is 0 Å². The van der Waals surface area contributed by atoms with Gasteiger partial charge < -0.3 is 4.90 Å². The van der Waals surface area contributed by atoms with Crippen LogP contribution in [-0.4, -0.2) is 40.5 Å². The van der Waals surface area contributed by atoms with Crippen molar-refractivity contribution >= 4 is 0 Å². The second-order valence-corrected chi connectivity index (χ2v) is 15.6. The monoisotopic (exact) mass is 707 g/mol. The summed E-state index contributed by atoms with van der Waals surface area (Å²) in [5.41, 5.74) is 1.14. The minimum atomic E-state index is 0.514. The smallest absolute Gasteiger partial charge is 0.0840 e. The lowest BCUT2D eigenvalue weighted by molar-refractivity contribution is 0.359. The van der Waals surface area contributed by atoms with Crippen LogP contribution in [0.15, 0.2) is 54.8 Å². The predicted octanol–water partition coefficient (Wildman–Crippen LogP) is 14.9. The second kappa shape index (κ2) is 37.8. The van der Waals surface area contributed by atoms with Crippen molar-refractivity contribution < 1.29 is 0 Å². The van der Waals surface area contributed by atoms with Crippen molar-refractivity contribution in [3.05, 3.63) is 60.5 Å². The Bertz CT molecular complexity index is 903. The molecule has 1 rings (SSSR count). The Balaban J connectivity index is 2.16. The molecule has 51 heavy (non-hydrogen) atoms. The van der Waals surface area contributed by atoms with E-state index in [0.717, 1.165) is 31.5 Å². The SMILES string of the molecule is CCCCC/C=C\C/C=C\CCCCCCCCCCC(CCCCCCCCCC/C=C\C/C=C\CCCCC)n1cc(CCN(C)C)nn1. The molecule has 0 aliphatic rings. The number of nitrogens with zero attached hydrogens (tertiary/aromatic N) is 4. The van der Waals surface area contributed by atoms with E-state index in [-0.39, 0.29) is 0 Å². The highest BCUT2D eigenvalue weighted by Crippen LogP contribution is 2.24. The average molecular weight is 707 g/mol. The molecule has 0 saturated carbocycles. The van der Waals surface area contributed by atoms with Crippen LogP contribution < -0.4 is 0 Å². The van der Waals surface area contributed by atoms with Crippen molar-refractivity contribution in [1.29, 1.82) is 0 Å². The summed E-state index contributed by atoms with van der Waals surface area (Å²) in [6.45, 7) is 5.58. The minimum absolute atomic E-state index is 0.514. The first kappa shape index (κ1) is 47.1. The van der Waals surface area contributed by atoms with Gasteiger partial charge in [0, 0.05) is 19.2 Å². The maximum absolute atomic E-state index is 4.62. The molecule has 0 fully saturated rings. The van der Waals surface area contributed by atoms with E-state index in [2.05, 4.69) is 103 Å². The molecule has 0 amide bonds. The molecule has 0 aliphatic heterocycles. The van der Waals surface area contributed by atoms with Crippen LogP contribution in [0.1, 0.15) is 218 Å². The van der Waals surface area contributed by atoms with Crippen LogP contribution in [0.25, 0.3) is 0 Å². The molecule has 1 aromatic heterocycles. The maximum Gasteiger partial charge on any atom is 0.0840 e. The Labute approximate surface area is 319 Å². The molecule has 0 saturated heterocycles. The molecule has 0 aliphatic carbocycles. The van der Waals surface area contributed by atoms with Crippen LogP contribution in [0.5, 0.6) is 0 Å². The van der Waals surface area contributed by atoms with Crippen molar-refractivity contribution in [3.63, 3.8) is 0 Å². The van der Waals surface area contributed by atoms with Crippen LogP contribution in [0, 0.1) is 0 Å². The van der Waals surface area contributed by atoms with Gasteiger partial charge in [-0.1, -0.05) is 183 Å². The fraction of sp³-hybridized carbons (Fsp3) is 0.787. The van der Waals surface area contributed by atoms with E-state index >= 15 is 0 Å². The van der Waals surface area contributed by atoms with Crippen molar-refractivity contribution in [2.75, 3.05) is 20.6 Å². The van der Waals surface area contributed by atoms with Crippen LogP contribution in [0.3, 0.4) is 0 Å². The highest BCUT2D eigenvalue weighted by Gasteiger charge is 2.13. The van der Waals surface area contributed by atoms with Crippen molar-refractivity contribution in [2.24, 2.45) is 0 Å². The van der Waals surface area contributed by atoms with Gasteiger partial charge in [0.25, 0.3) is 0 Å². The Morgan fingerprint density at radius 2 is 0.882 bits per heavy atom. The van der Waals surface area contributed by atoms with E-state index in [1.54, 1.807) is 0 Å². The fourth-order valence-corrected chi connectivity index (χ4v) is 6.80. The number of allylic oxidation sites excluding steroid dienone is 8. The lowest BCUT2D eigenvalue weighted by atomic mass is 9.99. The van der Waals surface area contributed by atoms with Gasteiger partial charge in [-0.15, -0.1) is 5.10 Å². The van der Waals surface area contributed by atoms with Gasteiger partial charge in [0.1, 0.15) is 0 Å². The molecule has 0 atom stereocenters. The third-order valence-electron chi connectivity index (χ3n) is 10.2. The number of aromatic nitrogens is 3. The summed E-state index contributed by atoms with van der Waals surface area (Å²) in [5, 5.41) is 9.16. The van der Waals surface area contributed by atoms with E-state index < -0.39 is 0 Å². The zero-order chi connectivity index (χ0) is 36.7. The van der Waals surface area contributed by atoms with Crippen molar-refractivity contribution in [1.82, 2.24) is 19.9 Å². The normalized spacial score (nSPS) is 12.5. The largest absolute Gasteiger partial charge is 0.309 e. The topological polar surface area (TPSA) is 34.0 Å². The molecule has 0 radical (unpaired) electrons. The summed E-state index contributed by atoms with van der Waals surface area (Å²) in [5.74, 6) is 0. The predicted molar refractivity (Wildman–Crippen MR) is 228 cm³/mol. The molecule has 1 aromatic rings. The summed E-state index contributed by atoms with van der Waals surface area (Å²) in [6, 6.07) is 0.514. The molecule has 4 nitrogen and oxygen atoms in total. The standard InChI is InChI=1S/C47H86N4/c1-5-7-9-11-13-15-17-19-21-23-25-27-29-31-33-35-37-39-41-47(51-45-46(48-49-51)43-44-50(3)4)42-40-38-36-34-32-30-28-26-24-22-20-18-16-14-12-10-8-6-2/h13-16,19-22,45,47H,5-12,17-18,23-44H2,1-4H3/b15-13-,16-14-,21-19-,22-20-. The third-order valence-corrected chi connectivity index (χ3v) is 10.2.